The Morgan fingerprint density at radius 3 is 2.44 bits per heavy atom. The van der Waals surface area contributed by atoms with Gasteiger partial charge in [0.25, 0.3) is 0 Å². The zero-order valence-electron chi connectivity index (χ0n) is 5.68. The third-order valence-corrected chi connectivity index (χ3v) is 2.89. The number of aryl methyl sites for hydroxylation is 1. The van der Waals surface area contributed by atoms with Gasteiger partial charge in [0.2, 0.25) is 0 Å². The molecule has 0 aliphatic rings. The van der Waals surface area contributed by atoms with Crippen molar-refractivity contribution >= 4 is 8.19 Å². The number of aliphatic hydroxyl groups is 1. The summed E-state index contributed by atoms with van der Waals surface area (Å²) in [5.41, 5.74) is 2.57. The molecule has 0 unspecified atom stereocenters. The second kappa shape index (κ2) is 2.55. The summed E-state index contributed by atoms with van der Waals surface area (Å²) in [6.07, 6.45) is 0. The van der Waals surface area contributed by atoms with Crippen LogP contribution < -0.4 is 0 Å². The Labute approximate surface area is 56.8 Å². The van der Waals surface area contributed by atoms with Gasteiger partial charge in [0, 0.05) is 6.61 Å². The first-order valence-corrected chi connectivity index (χ1v) is 3.90. The fourth-order valence-corrected chi connectivity index (χ4v) is 1.75. The molecule has 0 spiro atoms. The van der Waals surface area contributed by atoms with E-state index in [2.05, 4.69) is 19.6 Å². The SMILES string of the molecule is Cc1c[p-]c(CO)c1C. The second-order valence-corrected chi connectivity index (χ2v) is 3.23. The molecule has 0 fully saturated rings. The van der Waals surface area contributed by atoms with Crippen molar-refractivity contribution in [3.8, 4) is 0 Å². The zero-order valence-corrected chi connectivity index (χ0v) is 6.57. The largest absolute Gasteiger partial charge is 0.525 e. The summed E-state index contributed by atoms with van der Waals surface area (Å²) < 4.78 is 0. The van der Waals surface area contributed by atoms with Crippen LogP contribution in [0.25, 0.3) is 0 Å². The Hall–Kier alpha value is -0.260. The van der Waals surface area contributed by atoms with Gasteiger partial charge in [-0.3, -0.25) is 0 Å². The quantitative estimate of drug-likeness (QED) is 0.634. The van der Waals surface area contributed by atoms with E-state index in [1.807, 2.05) is 0 Å². The van der Waals surface area contributed by atoms with Gasteiger partial charge in [0.15, 0.2) is 0 Å². The molecule has 0 saturated carbocycles. The molecule has 50 valence electrons. The lowest BCUT2D eigenvalue weighted by molar-refractivity contribution is 0.285. The highest BCUT2D eigenvalue weighted by Crippen LogP contribution is 2.24. The second-order valence-electron chi connectivity index (χ2n) is 2.17. The van der Waals surface area contributed by atoms with Crippen LogP contribution in [-0.4, -0.2) is 5.11 Å². The lowest BCUT2D eigenvalue weighted by Gasteiger charge is -2.01. The van der Waals surface area contributed by atoms with Gasteiger partial charge in [0.05, 0.1) is 0 Å². The molecule has 0 aromatic carbocycles. The highest BCUT2D eigenvalue weighted by atomic mass is 31.0. The topological polar surface area (TPSA) is 20.2 Å². The molecule has 0 atom stereocenters. The molecule has 0 amide bonds. The highest BCUT2D eigenvalue weighted by Gasteiger charge is 1.89. The number of hydrogen-bond donors (Lipinski definition) is 1. The van der Waals surface area contributed by atoms with Gasteiger partial charge in [0.1, 0.15) is 0 Å². The lowest BCUT2D eigenvalue weighted by atomic mass is 10.2. The van der Waals surface area contributed by atoms with Crippen molar-refractivity contribution in [3.63, 3.8) is 0 Å². The number of rotatable bonds is 1. The summed E-state index contributed by atoms with van der Waals surface area (Å²) >= 11 is 0. The van der Waals surface area contributed by atoms with Gasteiger partial charge in [-0.2, -0.15) is 5.30 Å². The van der Waals surface area contributed by atoms with Crippen LogP contribution >= 0.6 is 8.19 Å². The highest BCUT2D eigenvalue weighted by molar-refractivity contribution is 7.30. The molecule has 1 N–H and O–H groups in total. The predicted molar refractivity (Wildman–Crippen MR) is 39.9 cm³/mol. The van der Waals surface area contributed by atoms with E-state index in [0.29, 0.717) is 0 Å². The molecule has 1 heterocycles. The van der Waals surface area contributed by atoms with Gasteiger partial charge >= 0.3 is 0 Å². The van der Waals surface area contributed by atoms with Gasteiger partial charge in [-0.25, -0.2) is 5.80 Å². The van der Waals surface area contributed by atoms with Crippen molar-refractivity contribution in [3.05, 3.63) is 22.2 Å². The average molecular weight is 141 g/mol. The molecule has 1 aromatic heterocycles. The first kappa shape index (κ1) is 6.85. The van der Waals surface area contributed by atoms with E-state index in [1.54, 1.807) is 0 Å². The molecule has 2 heteroatoms. The van der Waals surface area contributed by atoms with E-state index in [9.17, 15) is 0 Å². The van der Waals surface area contributed by atoms with Gasteiger partial charge in [-0.05, 0) is 13.8 Å². The summed E-state index contributed by atoms with van der Waals surface area (Å²) in [6, 6.07) is 0. The van der Waals surface area contributed by atoms with E-state index in [4.69, 9.17) is 5.11 Å². The minimum atomic E-state index is 0.210. The fourth-order valence-electron chi connectivity index (χ4n) is 0.755. The average Bonchev–Trinajstić information content (AvgIpc) is 2.15. The van der Waals surface area contributed by atoms with Crippen LogP contribution in [0.5, 0.6) is 0 Å². The maximum absolute atomic E-state index is 8.76. The van der Waals surface area contributed by atoms with Crippen LogP contribution in [0.4, 0.5) is 0 Å². The van der Waals surface area contributed by atoms with Crippen LogP contribution in [0, 0.1) is 13.8 Å². The Kier molecular flexibility index (Phi) is 1.94. The number of hydrogen-bond acceptors (Lipinski definition) is 1. The summed E-state index contributed by atoms with van der Waals surface area (Å²) in [4.78, 5) is 0. The standard InChI is InChI=1S/C7H10OP/c1-5-4-9-7(3-8)6(5)2/h4,8H,3H2,1-2H3/q-1. The Morgan fingerprint density at radius 1 is 1.56 bits per heavy atom. The normalized spacial score (nSPS) is 11.0. The molecule has 0 saturated heterocycles. The van der Waals surface area contributed by atoms with E-state index in [0.717, 1.165) is 5.30 Å². The van der Waals surface area contributed by atoms with Crippen molar-refractivity contribution in [2.75, 3.05) is 0 Å². The first-order chi connectivity index (χ1) is 4.25. The maximum Gasteiger partial charge on any atom is 0.0395 e. The minimum absolute atomic E-state index is 0.210. The Balaban J connectivity index is 3.04. The van der Waals surface area contributed by atoms with Crippen molar-refractivity contribution in [1.82, 2.24) is 0 Å². The van der Waals surface area contributed by atoms with Crippen LogP contribution in [0.15, 0.2) is 5.80 Å². The molecule has 0 aliphatic carbocycles. The summed E-state index contributed by atoms with van der Waals surface area (Å²) in [6.45, 7) is 4.34. The third kappa shape index (κ3) is 1.17. The number of aliphatic hydroxyl groups excluding tert-OH is 1. The molecule has 0 radical (unpaired) electrons. The van der Waals surface area contributed by atoms with Crippen molar-refractivity contribution in [2.45, 2.75) is 20.5 Å². The molecular formula is C7H10OP-. The van der Waals surface area contributed by atoms with Crippen LogP contribution in [0.2, 0.25) is 0 Å². The molecular weight excluding hydrogens is 131 g/mol. The van der Waals surface area contributed by atoms with Crippen LogP contribution in [0.1, 0.15) is 16.4 Å². The smallest absolute Gasteiger partial charge is 0.0395 e. The van der Waals surface area contributed by atoms with Gasteiger partial charge in [-0.15, -0.1) is 0 Å². The molecule has 0 bridgehead atoms. The van der Waals surface area contributed by atoms with E-state index >= 15 is 0 Å². The fraction of sp³-hybridized carbons (Fsp3) is 0.429. The molecule has 1 aromatic rings. The monoisotopic (exact) mass is 141 g/mol. The Morgan fingerprint density at radius 2 is 2.22 bits per heavy atom. The molecule has 1 rings (SSSR count). The minimum Gasteiger partial charge on any atom is -0.525 e. The molecule has 9 heavy (non-hydrogen) atoms. The molecule has 0 aliphatic heterocycles. The third-order valence-electron chi connectivity index (χ3n) is 1.59. The molecule has 1 nitrogen and oxygen atoms in total. The lowest BCUT2D eigenvalue weighted by Crippen LogP contribution is -1.79. The van der Waals surface area contributed by atoms with Crippen molar-refractivity contribution in [2.24, 2.45) is 0 Å². The van der Waals surface area contributed by atoms with Gasteiger partial charge < -0.3 is 13.3 Å². The predicted octanol–water partition coefficient (Wildman–Crippen LogP) is 2.09. The van der Waals surface area contributed by atoms with Crippen molar-refractivity contribution < 1.29 is 5.11 Å². The summed E-state index contributed by atoms with van der Waals surface area (Å²) in [5, 5.41) is 9.90. The van der Waals surface area contributed by atoms with E-state index < -0.39 is 0 Å². The van der Waals surface area contributed by atoms with Crippen LogP contribution in [-0.2, 0) is 6.61 Å². The summed E-state index contributed by atoms with van der Waals surface area (Å²) in [7, 11) is 1.18. The Bertz CT molecular complexity index is 203. The van der Waals surface area contributed by atoms with E-state index in [-0.39, 0.29) is 6.61 Å². The van der Waals surface area contributed by atoms with E-state index in [1.165, 1.54) is 19.3 Å². The zero-order chi connectivity index (χ0) is 6.85. The van der Waals surface area contributed by atoms with Crippen molar-refractivity contribution in [1.29, 1.82) is 0 Å². The summed E-state index contributed by atoms with van der Waals surface area (Å²) in [5.74, 6) is 2.13. The maximum atomic E-state index is 8.76. The first-order valence-electron chi connectivity index (χ1n) is 2.94. The van der Waals surface area contributed by atoms with Crippen LogP contribution in [0.3, 0.4) is 0 Å². The van der Waals surface area contributed by atoms with Gasteiger partial charge in [-0.1, -0.05) is 11.1 Å².